The Morgan fingerprint density at radius 2 is 1.79 bits per heavy atom. The standard InChI is InChI=1S/C25H22BrN5O2/c1-3-23-27-13-11-21(31-23)20-8-5-12-28-24(20)33-22-10-9-19(14-16(22)2)30-25(32)29-18-7-4-6-17(26)15-18/h4-15H,3H2,1-2H3,(H2,29,30,32). The van der Waals surface area contributed by atoms with Crippen molar-refractivity contribution in [3.63, 3.8) is 0 Å². The maximum Gasteiger partial charge on any atom is 0.323 e. The first-order valence-electron chi connectivity index (χ1n) is 10.4. The second-order valence-corrected chi connectivity index (χ2v) is 8.16. The molecule has 4 rings (SSSR count). The molecule has 0 aliphatic heterocycles. The van der Waals surface area contributed by atoms with Crippen molar-refractivity contribution < 1.29 is 9.53 Å². The molecule has 33 heavy (non-hydrogen) atoms. The average Bonchev–Trinajstić information content (AvgIpc) is 2.81. The minimum atomic E-state index is -0.330. The number of urea groups is 1. The minimum Gasteiger partial charge on any atom is -0.438 e. The van der Waals surface area contributed by atoms with Crippen LogP contribution in [0.1, 0.15) is 18.3 Å². The van der Waals surface area contributed by atoms with Gasteiger partial charge in [-0.1, -0.05) is 28.9 Å². The van der Waals surface area contributed by atoms with E-state index in [1.165, 1.54) is 0 Å². The third-order valence-electron chi connectivity index (χ3n) is 4.79. The minimum absolute atomic E-state index is 0.330. The SMILES string of the molecule is CCc1nccc(-c2cccnc2Oc2ccc(NC(=O)Nc3cccc(Br)c3)cc2C)n1. The number of nitrogens with one attached hydrogen (secondary N) is 2. The fourth-order valence-electron chi connectivity index (χ4n) is 3.19. The van der Waals surface area contributed by atoms with Crippen molar-refractivity contribution in [1.82, 2.24) is 15.0 Å². The van der Waals surface area contributed by atoms with Gasteiger partial charge in [0.25, 0.3) is 0 Å². The monoisotopic (exact) mass is 503 g/mol. The van der Waals surface area contributed by atoms with E-state index >= 15 is 0 Å². The zero-order valence-corrected chi connectivity index (χ0v) is 19.8. The number of rotatable bonds is 6. The highest BCUT2D eigenvalue weighted by molar-refractivity contribution is 9.10. The predicted octanol–water partition coefficient (Wildman–Crippen LogP) is 6.61. The molecule has 7 nitrogen and oxygen atoms in total. The van der Waals surface area contributed by atoms with E-state index in [2.05, 4.69) is 41.5 Å². The van der Waals surface area contributed by atoms with Crippen LogP contribution in [0, 0.1) is 6.92 Å². The van der Waals surface area contributed by atoms with Crippen LogP contribution in [0.4, 0.5) is 16.2 Å². The second-order valence-electron chi connectivity index (χ2n) is 7.24. The number of benzene rings is 2. The lowest BCUT2D eigenvalue weighted by atomic mass is 10.1. The molecule has 4 aromatic rings. The van der Waals surface area contributed by atoms with Crippen LogP contribution < -0.4 is 15.4 Å². The molecule has 2 amide bonds. The van der Waals surface area contributed by atoms with E-state index in [0.717, 1.165) is 33.5 Å². The third-order valence-corrected chi connectivity index (χ3v) is 5.28. The molecule has 0 saturated heterocycles. The first-order chi connectivity index (χ1) is 16.0. The number of nitrogens with zero attached hydrogens (tertiary/aromatic N) is 3. The van der Waals surface area contributed by atoms with E-state index in [4.69, 9.17) is 4.74 Å². The third kappa shape index (κ3) is 5.72. The van der Waals surface area contributed by atoms with Gasteiger partial charge < -0.3 is 15.4 Å². The Kier molecular flexibility index (Phi) is 6.95. The van der Waals surface area contributed by atoms with Gasteiger partial charge in [-0.15, -0.1) is 0 Å². The highest BCUT2D eigenvalue weighted by Gasteiger charge is 2.13. The largest absolute Gasteiger partial charge is 0.438 e. The first kappa shape index (κ1) is 22.4. The van der Waals surface area contributed by atoms with Crippen LogP contribution in [0.25, 0.3) is 11.3 Å². The number of hydrogen-bond donors (Lipinski definition) is 2. The summed E-state index contributed by atoms with van der Waals surface area (Å²) in [4.78, 5) is 25.6. The number of aryl methyl sites for hydroxylation is 2. The molecule has 2 aromatic carbocycles. The molecule has 0 radical (unpaired) electrons. The topological polar surface area (TPSA) is 89.0 Å². The maximum atomic E-state index is 12.3. The summed E-state index contributed by atoms with van der Waals surface area (Å²) < 4.78 is 7.02. The lowest BCUT2D eigenvalue weighted by molar-refractivity contribution is 0.262. The maximum absolute atomic E-state index is 12.3. The van der Waals surface area contributed by atoms with Crippen LogP contribution in [-0.4, -0.2) is 21.0 Å². The molecular weight excluding hydrogens is 482 g/mol. The van der Waals surface area contributed by atoms with Crippen LogP contribution >= 0.6 is 15.9 Å². The molecule has 2 N–H and O–H groups in total. The van der Waals surface area contributed by atoms with Gasteiger partial charge in [-0.05, 0) is 67.1 Å². The van der Waals surface area contributed by atoms with Crippen LogP contribution in [0.15, 0.2) is 77.5 Å². The van der Waals surface area contributed by atoms with E-state index in [9.17, 15) is 4.79 Å². The summed E-state index contributed by atoms with van der Waals surface area (Å²) >= 11 is 3.39. The van der Waals surface area contributed by atoms with E-state index in [0.29, 0.717) is 23.0 Å². The number of amides is 2. The highest BCUT2D eigenvalue weighted by atomic mass is 79.9. The lowest BCUT2D eigenvalue weighted by Gasteiger charge is -2.13. The Bertz CT molecular complexity index is 1300. The quantitative estimate of drug-likeness (QED) is 0.309. The molecule has 166 valence electrons. The van der Waals surface area contributed by atoms with Crippen molar-refractivity contribution in [2.24, 2.45) is 0 Å². The van der Waals surface area contributed by atoms with E-state index in [1.54, 1.807) is 24.5 Å². The molecule has 0 saturated carbocycles. The summed E-state index contributed by atoms with van der Waals surface area (Å²) in [5, 5.41) is 5.64. The molecule has 0 unspecified atom stereocenters. The predicted molar refractivity (Wildman–Crippen MR) is 133 cm³/mol. The molecule has 8 heteroatoms. The van der Waals surface area contributed by atoms with Crippen molar-refractivity contribution in [2.75, 3.05) is 10.6 Å². The molecule has 2 heterocycles. The Morgan fingerprint density at radius 1 is 0.970 bits per heavy atom. The molecule has 0 aliphatic carbocycles. The average molecular weight is 504 g/mol. The Morgan fingerprint density at radius 3 is 2.55 bits per heavy atom. The van der Waals surface area contributed by atoms with Gasteiger partial charge in [-0.3, -0.25) is 0 Å². The number of halogens is 1. The van der Waals surface area contributed by atoms with Gasteiger partial charge in [-0.25, -0.2) is 19.7 Å². The Hall–Kier alpha value is -3.78. The summed E-state index contributed by atoms with van der Waals surface area (Å²) in [5.41, 5.74) is 3.73. The molecule has 0 aliphatic rings. The fourth-order valence-corrected chi connectivity index (χ4v) is 3.59. The lowest BCUT2D eigenvalue weighted by Crippen LogP contribution is -2.19. The summed E-state index contributed by atoms with van der Waals surface area (Å²) in [6, 6.07) is 18.1. The van der Waals surface area contributed by atoms with Gasteiger partial charge in [0.1, 0.15) is 11.6 Å². The number of aromatic nitrogens is 3. The molecule has 0 spiro atoms. The van der Waals surface area contributed by atoms with Crippen molar-refractivity contribution in [3.05, 3.63) is 88.9 Å². The van der Waals surface area contributed by atoms with E-state index in [1.807, 2.05) is 62.4 Å². The fraction of sp³-hybridized carbons (Fsp3) is 0.120. The van der Waals surface area contributed by atoms with Crippen molar-refractivity contribution in [1.29, 1.82) is 0 Å². The molecule has 2 aromatic heterocycles. The van der Waals surface area contributed by atoms with Crippen molar-refractivity contribution >= 4 is 33.3 Å². The summed E-state index contributed by atoms with van der Waals surface area (Å²) in [5.74, 6) is 1.85. The Labute approximate surface area is 200 Å². The molecule has 0 bridgehead atoms. The van der Waals surface area contributed by atoms with Crippen LogP contribution in [0.3, 0.4) is 0 Å². The second kappa shape index (κ2) is 10.2. The smallest absolute Gasteiger partial charge is 0.323 e. The van der Waals surface area contributed by atoms with Crippen molar-refractivity contribution in [3.8, 4) is 22.9 Å². The number of carbonyl (C=O) groups excluding carboxylic acids is 1. The van der Waals surface area contributed by atoms with Gasteiger partial charge in [0.2, 0.25) is 5.88 Å². The van der Waals surface area contributed by atoms with Gasteiger partial charge in [0, 0.05) is 34.7 Å². The van der Waals surface area contributed by atoms with E-state index in [-0.39, 0.29) is 6.03 Å². The van der Waals surface area contributed by atoms with Crippen LogP contribution in [0.2, 0.25) is 0 Å². The van der Waals surface area contributed by atoms with E-state index < -0.39 is 0 Å². The van der Waals surface area contributed by atoms with Gasteiger partial charge in [-0.2, -0.15) is 0 Å². The molecular formula is C25H22BrN5O2. The number of ether oxygens (including phenoxy) is 1. The van der Waals surface area contributed by atoms with Crippen LogP contribution in [-0.2, 0) is 6.42 Å². The molecule has 0 fully saturated rings. The van der Waals surface area contributed by atoms with Crippen LogP contribution in [0.5, 0.6) is 11.6 Å². The normalized spacial score (nSPS) is 10.5. The summed E-state index contributed by atoms with van der Waals surface area (Å²) in [6.07, 6.45) is 4.16. The number of hydrogen-bond acceptors (Lipinski definition) is 5. The first-order valence-corrected chi connectivity index (χ1v) is 11.2. The van der Waals surface area contributed by atoms with Gasteiger partial charge in [0.05, 0.1) is 11.3 Å². The zero-order chi connectivity index (χ0) is 23.2. The van der Waals surface area contributed by atoms with Gasteiger partial charge in [0.15, 0.2) is 0 Å². The summed E-state index contributed by atoms with van der Waals surface area (Å²) in [7, 11) is 0. The number of carbonyl (C=O) groups is 1. The highest BCUT2D eigenvalue weighted by Crippen LogP contribution is 2.32. The summed E-state index contributed by atoms with van der Waals surface area (Å²) in [6.45, 7) is 3.92. The molecule has 0 atom stereocenters. The number of pyridine rings is 1. The Balaban J connectivity index is 1.50. The number of anilines is 2. The van der Waals surface area contributed by atoms with Gasteiger partial charge >= 0.3 is 6.03 Å². The zero-order valence-electron chi connectivity index (χ0n) is 18.2. The van der Waals surface area contributed by atoms with Crippen molar-refractivity contribution in [2.45, 2.75) is 20.3 Å².